The molecule has 0 radical (unpaired) electrons. The predicted octanol–water partition coefficient (Wildman–Crippen LogP) is 3.75. The van der Waals surface area contributed by atoms with Crippen LogP contribution in [-0.2, 0) is 6.54 Å². The summed E-state index contributed by atoms with van der Waals surface area (Å²) >= 11 is 0. The van der Waals surface area contributed by atoms with Gasteiger partial charge < -0.3 is 15.1 Å². The van der Waals surface area contributed by atoms with Crippen molar-refractivity contribution in [3.8, 4) is 0 Å². The number of hydrogen-bond acceptors (Lipinski definition) is 3. The van der Waals surface area contributed by atoms with Crippen molar-refractivity contribution < 1.29 is 0 Å². The summed E-state index contributed by atoms with van der Waals surface area (Å²) in [6.45, 7) is 11.0. The maximum atomic E-state index is 3.51. The van der Waals surface area contributed by atoms with Crippen molar-refractivity contribution in [3.63, 3.8) is 0 Å². The highest BCUT2D eigenvalue weighted by atomic mass is 15.3. The molecule has 23 heavy (non-hydrogen) atoms. The van der Waals surface area contributed by atoms with E-state index in [4.69, 9.17) is 0 Å². The average Bonchev–Trinajstić information content (AvgIpc) is 2.61. The van der Waals surface area contributed by atoms with Gasteiger partial charge in [0.1, 0.15) is 0 Å². The summed E-state index contributed by atoms with van der Waals surface area (Å²) in [4.78, 5) is 4.99. The molecule has 1 aliphatic heterocycles. The first-order chi connectivity index (χ1) is 11.2. The summed E-state index contributed by atoms with van der Waals surface area (Å²) < 4.78 is 0. The third-order valence-corrected chi connectivity index (χ3v) is 4.63. The van der Waals surface area contributed by atoms with E-state index in [9.17, 15) is 0 Å². The lowest BCUT2D eigenvalue weighted by molar-refractivity contribution is 0.271. The molecule has 1 N–H and O–H groups in total. The van der Waals surface area contributed by atoms with Gasteiger partial charge in [0, 0.05) is 44.1 Å². The van der Waals surface area contributed by atoms with Crippen LogP contribution in [0.4, 0.5) is 11.4 Å². The fourth-order valence-electron chi connectivity index (χ4n) is 3.14. The molecule has 0 bridgehead atoms. The van der Waals surface area contributed by atoms with Gasteiger partial charge in [0.2, 0.25) is 0 Å². The molecule has 1 aliphatic rings. The maximum Gasteiger partial charge on any atom is 0.0400 e. The topological polar surface area (TPSA) is 18.5 Å². The molecule has 0 amide bonds. The monoisotopic (exact) mass is 309 g/mol. The fraction of sp³-hybridized carbons (Fsp3) is 0.400. The zero-order valence-electron chi connectivity index (χ0n) is 14.3. The maximum absolute atomic E-state index is 3.51. The van der Waals surface area contributed by atoms with Gasteiger partial charge in [-0.2, -0.15) is 0 Å². The number of hydrogen-bond donors (Lipinski definition) is 1. The average molecular weight is 309 g/mol. The highest BCUT2D eigenvalue weighted by molar-refractivity contribution is 5.55. The number of aryl methyl sites for hydroxylation is 1. The molecule has 0 aromatic heterocycles. The van der Waals surface area contributed by atoms with Gasteiger partial charge in [-0.3, -0.25) is 0 Å². The Morgan fingerprint density at radius 1 is 0.957 bits per heavy atom. The van der Waals surface area contributed by atoms with Gasteiger partial charge in [0.05, 0.1) is 0 Å². The fourth-order valence-corrected chi connectivity index (χ4v) is 3.14. The lowest BCUT2D eigenvalue weighted by Crippen LogP contribution is -2.46. The Balaban J connectivity index is 1.55. The zero-order valence-corrected chi connectivity index (χ0v) is 14.3. The first-order valence-corrected chi connectivity index (χ1v) is 8.61. The van der Waals surface area contributed by atoms with Crippen molar-refractivity contribution in [1.82, 2.24) is 4.90 Å². The second kappa shape index (κ2) is 7.51. The SMILES string of the molecule is CCN1CCN(c2ccc(NCc3cccc(C)c3)cc2)CC1. The summed E-state index contributed by atoms with van der Waals surface area (Å²) in [7, 11) is 0. The van der Waals surface area contributed by atoms with E-state index in [0.717, 1.165) is 26.2 Å². The molecule has 3 rings (SSSR count). The number of nitrogens with one attached hydrogen (secondary N) is 1. The van der Waals surface area contributed by atoms with Gasteiger partial charge in [0.15, 0.2) is 0 Å². The van der Waals surface area contributed by atoms with E-state index in [2.05, 4.69) is 77.5 Å². The van der Waals surface area contributed by atoms with Crippen LogP contribution in [0.15, 0.2) is 48.5 Å². The number of rotatable bonds is 5. The second-order valence-electron chi connectivity index (χ2n) is 6.31. The van der Waals surface area contributed by atoms with Crippen molar-refractivity contribution in [2.45, 2.75) is 20.4 Å². The van der Waals surface area contributed by atoms with Crippen LogP contribution < -0.4 is 10.2 Å². The molecule has 0 aliphatic carbocycles. The molecule has 122 valence electrons. The summed E-state index contributed by atoms with van der Waals surface area (Å²) in [6.07, 6.45) is 0. The first kappa shape index (κ1) is 15.9. The Hall–Kier alpha value is -2.00. The molecule has 2 aromatic carbocycles. The molecule has 3 heteroatoms. The quantitative estimate of drug-likeness (QED) is 0.907. The molecule has 1 saturated heterocycles. The number of likely N-dealkylation sites (N-methyl/N-ethyl adjacent to an activating group) is 1. The number of piperazine rings is 1. The lowest BCUT2D eigenvalue weighted by Gasteiger charge is -2.35. The normalized spacial score (nSPS) is 15.7. The Bertz CT molecular complexity index is 613. The number of benzene rings is 2. The first-order valence-electron chi connectivity index (χ1n) is 8.61. The van der Waals surface area contributed by atoms with E-state index >= 15 is 0 Å². The van der Waals surface area contributed by atoms with E-state index < -0.39 is 0 Å². The van der Waals surface area contributed by atoms with Crippen LogP contribution in [0, 0.1) is 6.92 Å². The molecular formula is C20H27N3. The molecule has 0 spiro atoms. The van der Waals surface area contributed by atoms with Crippen molar-refractivity contribution >= 4 is 11.4 Å². The highest BCUT2D eigenvalue weighted by Crippen LogP contribution is 2.20. The van der Waals surface area contributed by atoms with E-state index in [1.165, 1.54) is 35.6 Å². The van der Waals surface area contributed by atoms with Gasteiger partial charge in [-0.05, 0) is 43.3 Å². The minimum Gasteiger partial charge on any atom is -0.381 e. The van der Waals surface area contributed by atoms with Crippen LogP contribution >= 0.6 is 0 Å². The van der Waals surface area contributed by atoms with Crippen molar-refractivity contribution in [3.05, 3.63) is 59.7 Å². The zero-order chi connectivity index (χ0) is 16.1. The molecule has 3 nitrogen and oxygen atoms in total. The van der Waals surface area contributed by atoms with E-state index in [1.807, 2.05) is 0 Å². The Kier molecular flexibility index (Phi) is 5.19. The Morgan fingerprint density at radius 3 is 2.35 bits per heavy atom. The number of nitrogens with zero attached hydrogens (tertiary/aromatic N) is 2. The van der Waals surface area contributed by atoms with Crippen molar-refractivity contribution in [2.75, 3.05) is 42.9 Å². The molecule has 2 aromatic rings. The predicted molar refractivity (Wildman–Crippen MR) is 99.3 cm³/mol. The van der Waals surface area contributed by atoms with E-state index in [1.54, 1.807) is 0 Å². The molecule has 0 unspecified atom stereocenters. The van der Waals surface area contributed by atoms with Crippen molar-refractivity contribution in [2.24, 2.45) is 0 Å². The second-order valence-corrected chi connectivity index (χ2v) is 6.31. The van der Waals surface area contributed by atoms with Crippen molar-refractivity contribution in [1.29, 1.82) is 0 Å². The van der Waals surface area contributed by atoms with E-state index in [0.29, 0.717) is 0 Å². The smallest absolute Gasteiger partial charge is 0.0400 e. The summed E-state index contributed by atoms with van der Waals surface area (Å²) in [5, 5.41) is 3.51. The van der Waals surface area contributed by atoms with Crippen LogP contribution in [0.5, 0.6) is 0 Å². The van der Waals surface area contributed by atoms with Crippen LogP contribution in [0.25, 0.3) is 0 Å². The molecule has 1 fully saturated rings. The van der Waals surface area contributed by atoms with Gasteiger partial charge >= 0.3 is 0 Å². The summed E-state index contributed by atoms with van der Waals surface area (Å²) in [5.41, 5.74) is 5.15. The van der Waals surface area contributed by atoms with Gasteiger partial charge in [0.25, 0.3) is 0 Å². The Labute approximate surface area is 139 Å². The molecular weight excluding hydrogens is 282 g/mol. The molecule has 1 heterocycles. The number of anilines is 2. The largest absolute Gasteiger partial charge is 0.381 e. The minimum atomic E-state index is 0.871. The summed E-state index contributed by atoms with van der Waals surface area (Å²) in [6, 6.07) is 17.5. The van der Waals surface area contributed by atoms with Gasteiger partial charge in [-0.15, -0.1) is 0 Å². The molecule has 0 saturated carbocycles. The Morgan fingerprint density at radius 2 is 1.70 bits per heavy atom. The van der Waals surface area contributed by atoms with Crippen LogP contribution in [-0.4, -0.2) is 37.6 Å². The minimum absolute atomic E-state index is 0.871. The standard InChI is InChI=1S/C20H27N3/c1-3-22-11-13-23(14-12-22)20-9-7-19(8-10-20)21-16-18-6-4-5-17(2)15-18/h4-10,15,21H,3,11-14,16H2,1-2H3. The van der Waals surface area contributed by atoms with Crippen LogP contribution in [0.1, 0.15) is 18.1 Å². The van der Waals surface area contributed by atoms with Gasteiger partial charge in [-0.25, -0.2) is 0 Å². The molecule has 0 atom stereocenters. The van der Waals surface area contributed by atoms with E-state index in [-0.39, 0.29) is 0 Å². The third-order valence-electron chi connectivity index (χ3n) is 4.63. The highest BCUT2D eigenvalue weighted by Gasteiger charge is 2.15. The van der Waals surface area contributed by atoms with Gasteiger partial charge in [-0.1, -0.05) is 36.8 Å². The summed E-state index contributed by atoms with van der Waals surface area (Å²) in [5.74, 6) is 0. The van der Waals surface area contributed by atoms with Crippen LogP contribution in [0.3, 0.4) is 0 Å². The third kappa shape index (κ3) is 4.26. The van der Waals surface area contributed by atoms with Crippen LogP contribution in [0.2, 0.25) is 0 Å². The lowest BCUT2D eigenvalue weighted by atomic mass is 10.1.